The van der Waals surface area contributed by atoms with Crippen LogP contribution in [-0.4, -0.2) is 38.9 Å². The second-order valence-corrected chi connectivity index (χ2v) is 7.15. The zero-order chi connectivity index (χ0) is 19.3. The number of aromatic nitrogens is 3. The quantitative estimate of drug-likeness (QED) is 0.707. The van der Waals surface area contributed by atoms with E-state index in [0.717, 1.165) is 16.8 Å². The summed E-state index contributed by atoms with van der Waals surface area (Å²) in [6.07, 6.45) is 2.57. The van der Waals surface area contributed by atoms with Crippen molar-refractivity contribution in [2.75, 3.05) is 13.1 Å². The van der Waals surface area contributed by atoms with Crippen LogP contribution in [0.3, 0.4) is 0 Å². The molecule has 1 aliphatic rings. The molecule has 0 bridgehead atoms. The molecule has 4 rings (SSSR count). The standard InChI is InChI=1S/C21H23N5O2/c27-20(15-26-21(28)18-5-1-2-6-19(18)23-24-26)22-13-16-7-9-17(10-8-16)14-25-11-3-4-12-25/h1-2,5-10H,3-4,11-15H2,(H,22,27). The molecule has 0 radical (unpaired) electrons. The highest BCUT2D eigenvalue weighted by atomic mass is 16.2. The van der Waals surface area contributed by atoms with Crippen molar-refractivity contribution in [3.05, 3.63) is 70.0 Å². The Hall–Kier alpha value is -3.06. The molecule has 0 atom stereocenters. The van der Waals surface area contributed by atoms with E-state index in [4.69, 9.17) is 0 Å². The van der Waals surface area contributed by atoms with Gasteiger partial charge in [0.1, 0.15) is 12.1 Å². The minimum atomic E-state index is -0.313. The van der Waals surface area contributed by atoms with E-state index >= 15 is 0 Å². The lowest BCUT2D eigenvalue weighted by molar-refractivity contribution is -0.122. The number of carbonyl (C=O) groups excluding carboxylic acids is 1. The largest absolute Gasteiger partial charge is 0.350 e. The predicted molar refractivity (Wildman–Crippen MR) is 107 cm³/mol. The SMILES string of the molecule is O=C(Cn1nnc2ccccc2c1=O)NCc1ccc(CN2CCCC2)cc1. The molecule has 0 saturated carbocycles. The molecule has 7 nitrogen and oxygen atoms in total. The zero-order valence-electron chi connectivity index (χ0n) is 15.7. The Balaban J connectivity index is 1.33. The van der Waals surface area contributed by atoms with E-state index in [-0.39, 0.29) is 18.0 Å². The fourth-order valence-corrected chi connectivity index (χ4v) is 3.48. The van der Waals surface area contributed by atoms with Gasteiger partial charge in [-0.2, -0.15) is 0 Å². The summed E-state index contributed by atoms with van der Waals surface area (Å²) >= 11 is 0. The van der Waals surface area contributed by atoms with Crippen LogP contribution in [0.4, 0.5) is 0 Å². The lowest BCUT2D eigenvalue weighted by Crippen LogP contribution is -2.34. The Labute approximate surface area is 163 Å². The molecular formula is C21H23N5O2. The number of nitrogens with one attached hydrogen (secondary N) is 1. The van der Waals surface area contributed by atoms with Crippen LogP contribution in [0, 0.1) is 0 Å². The van der Waals surface area contributed by atoms with Gasteiger partial charge in [0.25, 0.3) is 5.56 Å². The summed E-state index contributed by atoms with van der Waals surface area (Å²) in [5.41, 5.74) is 2.52. The number of carbonyl (C=O) groups is 1. The van der Waals surface area contributed by atoms with Crippen molar-refractivity contribution in [1.29, 1.82) is 0 Å². The third-order valence-electron chi connectivity index (χ3n) is 5.04. The van der Waals surface area contributed by atoms with Crippen molar-refractivity contribution >= 4 is 16.8 Å². The molecule has 0 aliphatic carbocycles. The van der Waals surface area contributed by atoms with Crippen LogP contribution >= 0.6 is 0 Å². The summed E-state index contributed by atoms with van der Waals surface area (Å²) in [5.74, 6) is -0.271. The number of likely N-dealkylation sites (tertiary alicyclic amines) is 1. The summed E-state index contributed by atoms with van der Waals surface area (Å²) < 4.78 is 1.09. The van der Waals surface area contributed by atoms with Gasteiger partial charge in [-0.3, -0.25) is 14.5 Å². The molecule has 2 heterocycles. The van der Waals surface area contributed by atoms with Crippen LogP contribution in [-0.2, 0) is 24.4 Å². The van der Waals surface area contributed by atoms with Crippen molar-refractivity contribution in [3.63, 3.8) is 0 Å². The highest BCUT2D eigenvalue weighted by Crippen LogP contribution is 2.13. The van der Waals surface area contributed by atoms with Gasteiger partial charge in [0.05, 0.1) is 5.39 Å². The van der Waals surface area contributed by atoms with Crippen molar-refractivity contribution in [2.45, 2.75) is 32.5 Å². The van der Waals surface area contributed by atoms with E-state index in [1.807, 2.05) is 12.1 Å². The third-order valence-corrected chi connectivity index (χ3v) is 5.04. The Morgan fingerprint density at radius 2 is 1.71 bits per heavy atom. The fraction of sp³-hybridized carbons (Fsp3) is 0.333. The molecule has 1 fully saturated rings. The van der Waals surface area contributed by atoms with Crippen molar-refractivity contribution < 1.29 is 4.79 Å². The number of hydrogen-bond acceptors (Lipinski definition) is 5. The normalized spacial score (nSPS) is 14.4. The van der Waals surface area contributed by atoms with E-state index in [9.17, 15) is 9.59 Å². The summed E-state index contributed by atoms with van der Waals surface area (Å²) in [7, 11) is 0. The van der Waals surface area contributed by atoms with Gasteiger partial charge in [-0.15, -0.1) is 5.10 Å². The summed E-state index contributed by atoms with van der Waals surface area (Å²) in [6.45, 7) is 3.60. The molecule has 1 N–H and O–H groups in total. The minimum absolute atomic E-state index is 0.149. The fourth-order valence-electron chi connectivity index (χ4n) is 3.48. The zero-order valence-corrected chi connectivity index (χ0v) is 15.7. The van der Waals surface area contributed by atoms with E-state index < -0.39 is 0 Å². The van der Waals surface area contributed by atoms with E-state index in [1.54, 1.807) is 24.3 Å². The molecule has 2 aromatic carbocycles. The highest BCUT2D eigenvalue weighted by molar-refractivity contribution is 5.78. The molecule has 28 heavy (non-hydrogen) atoms. The van der Waals surface area contributed by atoms with E-state index in [2.05, 4.69) is 32.7 Å². The van der Waals surface area contributed by atoms with E-state index in [0.29, 0.717) is 17.4 Å². The van der Waals surface area contributed by atoms with Gasteiger partial charge in [0.2, 0.25) is 5.91 Å². The van der Waals surface area contributed by atoms with Crippen LogP contribution in [0.15, 0.2) is 53.3 Å². The number of benzene rings is 2. The summed E-state index contributed by atoms with van der Waals surface area (Å²) in [6, 6.07) is 15.3. The minimum Gasteiger partial charge on any atom is -0.350 e. The van der Waals surface area contributed by atoms with Gasteiger partial charge >= 0.3 is 0 Å². The first kappa shape index (κ1) is 18.3. The molecule has 1 saturated heterocycles. The maximum absolute atomic E-state index is 12.4. The van der Waals surface area contributed by atoms with Crippen molar-refractivity contribution in [3.8, 4) is 0 Å². The predicted octanol–water partition coefficient (Wildman–Crippen LogP) is 1.70. The van der Waals surface area contributed by atoms with Gasteiger partial charge in [0, 0.05) is 13.1 Å². The molecule has 1 aromatic heterocycles. The molecule has 7 heteroatoms. The van der Waals surface area contributed by atoms with Crippen molar-refractivity contribution in [2.24, 2.45) is 0 Å². The Kier molecular flexibility index (Phi) is 5.43. The van der Waals surface area contributed by atoms with E-state index in [1.165, 1.54) is 31.5 Å². The van der Waals surface area contributed by atoms with Crippen LogP contribution < -0.4 is 10.9 Å². The molecule has 0 spiro atoms. The summed E-state index contributed by atoms with van der Waals surface area (Å²) in [5, 5.41) is 11.1. The molecule has 1 amide bonds. The number of fused-ring (bicyclic) bond motifs is 1. The van der Waals surface area contributed by atoms with Crippen LogP contribution in [0.5, 0.6) is 0 Å². The lowest BCUT2D eigenvalue weighted by Gasteiger charge is -2.14. The average Bonchev–Trinajstić information content (AvgIpc) is 3.23. The monoisotopic (exact) mass is 377 g/mol. The van der Waals surface area contributed by atoms with Crippen LogP contribution in [0.25, 0.3) is 10.9 Å². The van der Waals surface area contributed by atoms with Gasteiger partial charge in [-0.1, -0.05) is 41.6 Å². The highest BCUT2D eigenvalue weighted by Gasteiger charge is 2.12. The van der Waals surface area contributed by atoms with Crippen LogP contribution in [0.1, 0.15) is 24.0 Å². The first-order valence-electron chi connectivity index (χ1n) is 9.58. The molecule has 144 valence electrons. The van der Waals surface area contributed by atoms with Gasteiger partial charge < -0.3 is 5.32 Å². The third kappa shape index (κ3) is 4.26. The molecular weight excluding hydrogens is 354 g/mol. The topological polar surface area (TPSA) is 80.1 Å². The first-order valence-corrected chi connectivity index (χ1v) is 9.58. The van der Waals surface area contributed by atoms with Gasteiger partial charge in [-0.05, 0) is 49.2 Å². The van der Waals surface area contributed by atoms with Gasteiger partial charge in [0.15, 0.2) is 0 Å². The Morgan fingerprint density at radius 3 is 2.50 bits per heavy atom. The molecule has 1 aliphatic heterocycles. The second-order valence-electron chi connectivity index (χ2n) is 7.15. The van der Waals surface area contributed by atoms with Crippen molar-refractivity contribution in [1.82, 2.24) is 25.2 Å². The van der Waals surface area contributed by atoms with Gasteiger partial charge in [-0.25, -0.2) is 4.68 Å². The number of rotatable bonds is 6. The Bertz CT molecular complexity index is 1020. The maximum Gasteiger partial charge on any atom is 0.278 e. The lowest BCUT2D eigenvalue weighted by atomic mass is 10.1. The summed E-state index contributed by atoms with van der Waals surface area (Å²) in [4.78, 5) is 27.1. The molecule has 3 aromatic rings. The first-order chi connectivity index (χ1) is 13.7. The maximum atomic E-state index is 12.4. The average molecular weight is 377 g/mol. The molecule has 0 unspecified atom stereocenters. The van der Waals surface area contributed by atoms with Crippen LogP contribution in [0.2, 0.25) is 0 Å². The smallest absolute Gasteiger partial charge is 0.278 e. The number of hydrogen-bond donors (Lipinski definition) is 1. The number of nitrogens with zero attached hydrogens (tertiary/aromatic N) is 4. The Morgan fingerprint density at radius 1 is 1.00 bits per heavy atom. The second kappa shape index (κ2) is 8.31. The number of amides is 1.